The molecule has 1 saturated carbocycles. The van der Waals surface area contributed by atoms with Crippen LogP contribution in [0.25, 0.3) is 21.7 Å². The number of carbonyl (C=O) groups is 1. The van der Waals surface area contributed by atoms with Crippen molar-refractivity contribution >= 4 is 39.2 Å². The summed E-state index contributed by atoms with van der Waals surface area (Å²) in [6.45, 7) is 4.55. The number of carbonyl (C=O) groups excluding carboxylic acids is 1. The predicted octanol–water partition coefficient (Wildman–Crippen LogP) is 4.36. The van der Waals surface area contributed by atoms with E-state index in [1.165, 1.54) is 17.5 Å². The maximum absolute atomic E-state index is 13.1. The number of fused-ring (bicyclic) bond motifs is 2. The first-order valence-corrected chi connectivity index (χ1v) is 11.8. The predicted molar refractivity (Wildman–Crippen MR) is 129 cm³/mol. The van der Waals surface area contributed by atoms with Gasteiger partial charge in [0.2, 0.25) is 0 Å². The third-order valence-electron chi connectivity index (χ3n) is 5.99. The first-order valence-electron chi connectivity index (χ1n) is 11.4. The van der Waals surface area contributed by atoms with E-state index in [-0.39, 0.29) is 12.2 Å². The molecule has 2 aromatic carbocycles. The largest absolute Gasteiger partial charge is 0.492 e. The molecule has 176 valence electrons. The lowest BCUT2D eigenvalue weighted by Gasteiger charge is -2.15. The van der Waals surface area contributed by atoms with Crippen LogP contribution < -0.4 is 10.3 Å². The minimum atomic E-state index is -0.850. The van der Waals surface area contributed by atoms with E-state index >= 15 is 0 Å². The summed E-state index contributed by atoms with van der Waals surface area (Å²) >= 11 is 6.41. The second kappa shape index (κ2) is 9.10. The van der Waals surface area contributed by atoms with E-state index in [4.69, 9.17) is 21.1 Å². The average molecular weight is 481 g/mol. The van der Waals surface area contributed by atoms with E-state index in [1.807, 2.05) is 24.4 Å². The monoisotopic (exact) mass is 480 g/mol. The minimum Gasteiger partial charge on any atom is -0.492 e. The molecule has 2 aromatic heterocycles. The lowest BCUT2D eigenvalue weighted by Crippen LogP contribution is -2.32. The number of esters is 1. The molecule has 0 N–H and O–H groups in total. The fourth-order valence-corrected chi connectivity index (χ4v) is 4.14. The van der Waals surface area contributed by atoms with Crippen molar-refractivity contribution in [2.45, 2.75) is 39.3 Å². The molecule has 1 aliphatic carbocycles. The van der Waals surface area contributed by atoms with Crippen molar-refractivity contribution in [1.29, 1.82) is 0 Å². The van der Waals surface area contributed by atoms with Gasteiger partial charge in [-0.15, -0.1) is 0 Å². The SMILES string of the molecule is CCOC(=O)C(C)n1nc(Cn2cc3cc(OCC4CC4)c(Cl)cc3n2)c2ccccc2c1=O. The van der Waals surface area contributed by atoms with Crippen LogP contribution in [0.15, 0.2) is 47.4 Å². The van der Waals surface area contributed by atoms with Crippen molar-refractivity contribution in [3.63, 3.8) is 0 Å². The van der Waals surface area contributed by atoms with Gasteiger partial charge in [-0.3, -0.25) is 9.48 Å². The molecule has 0 aliphatic heterocycles. The quantitative estimate of drug-likeness (QED) is 0.348. The Morgan fingerprint density at radius 1 is 1.21 bits per heavy atom. The maximum atomic E-state index is 13.1. The van der Waals surface area contributed by atoms with Crippen LogP contribution in [0.4, 0.5) is 0 Å². The summed E-state index contributed by atoms with van der Waals surface area (Å²) in [6, 6.07) is 10.1. The van der Waals surface area contributed by atoms with Crippen molar-refractivity contribution in [1.82, 2.24) is 19.6 Å². The van der Waals surface area contributed by atoms with Crippen molar-refractivity contribution in [2.24, 2.45) is 5.92 Å². The van der Waals surface area contributed by atoms with E-state index < -0.39 is 12.0 Å². The summed E-state index contributed by atoms with van der Waals surface area (Å²) in [7, 11) is 0. The Labute approximate surface area is 201 Å². The highest BCUT2D eigenvalue weighted by molar-refractivity contribution is 6.32. The Kier molecular flexibility index (Phi) is 6.00. The number of hydrogen-bond acceptors (Lipinski definition) is 6. The molecule has 1 fully saturated rings. The summed E-state index contributed by atoms with van der Waals surface area (Å²) in [5.74, 6) is 0.777. The topological polar surface area (TPSA) is 88.2 Å². The number of rotatable bonds is 8. The van der Waals surface area contributed by atoms with Gasteiger partial charge < -0.3 is 9.47 Å². The number of benzene rings is 2. The first-order chi connectivity index (χ1) is 16.4. The van der Waals surface area contributed by atoms with E-state index in [1.54, 1.807) is 36.7 Å². The third-order valence-corrected chi connectivity index (χ3v) is 6.28. The summed E-state index contributed by atoms with van der Waals surface area (Å²) in [5.41, 5.74) is 1.02. The molecule has 9 heteroatoms. The lowest BCUT2D eigenvalue weighted by atomic mass is 10.1. The normalized spacial score (nSPS) is 14.4. The van der Waals surface area contributed by atoms with Gasteiger partial charge >= 0.3 is 5.97 Å². The van der Waals surface area contributed by atoms with Crippen LogP contribution >= 0.6 is 11.6 Å². The molecule has 4 aromatic rings. The second-order valence-corrected chi connectivity index (χ2v) is 9.00. The summed E-state index contributed by atoms with van der Waals surface area (Å²) < 4.78 is 13.9. The molecule has 0 saturated heterocycles. The van der Waals surface area contributed by atoms with Crippen LogP contribution in [0.5, 0.6) is 5.75 Å². The van der Waals surface area contributed by atoms with Gasteiger partial charge in [0.05, 0.1) is 41.4 Å². The molecule has 1 unspecified atom stereocenters. The summed E-state index contributed by atoms with van der Waals surface area (Å²) in [4.78, 5) is 25.4. The van der Waals surface area contributed by atoms with Gasteiger partial charge in [0.15, 0.2) is 6.04 Å². The molecule has 5 rings (SSSR count). The fraction of sp³-hybridized carbons (Fsp3) is 0.360. The lowest BCUT2D eigenvalue weighted by molar-refractivity contribution is -0.147. The summed E-state index contributed by atoms with van der Waals surface area (Å²) in [5, 5.41) is 11.8. The molecule has 34 heavy (non-hydrogen) atoms. The van der Waals surface area contributed by atoms with Gasteiger partial charge in [0.1, 0.15) is 5.75 Å². The molecule has 0 spiro atoms. The van der Waals surface area contributed by atoms with Crippen molar-refractivity contribution < 1.29 is 14.3 Å². The van der Waals surface area contributed by atoms with Crippen LogP contribution in [0.2, 0.25) is 5.02 Å². The minimum absolute atomic E-state index is 0.229. The Hall–Kier alpha value is -3.39. The van der Waals surface area contributed by atoms with Gasteiger partial charge in [0.25, 0.3) is 5.56 Å². The van der Waals surface area contributed by atoms with Gasteiger partial charge in [0, 0.05) is 17.0 Å². The molecule has 2 heterocycles. The molecule has 0 bridgehead atoms. The third kappa shape index (κ3) is 4.37. The average Bonchev–Trinajstić information content (AvgIpc) is 3.58. The van der Waals surface area contributed by atoms with Crippen LogP contribution in [0.1, 0.15) is 38.4 Å². The van der Waals surface area contributed by atoms with Crippen molar-refractivity contribution in [3.8, 4) is 5.75 Å². The highest BCUT2D eigenvalue weighted by atomic mass is 35.5. The molecule has 1 atom stereocenters. The zero-order valence-electron chi connectivity index (χ0n) is 19.0. The van der Waals surface area contributed by atoms with Gasteiger partial charge in [-0.2, -0.15) is 10.2 Å². The van der Waals surface area contributed by atoms with Gasteiger partial charge in [-0.05, 0) is 50.8 Å². The smallest absolute Gasteiger partial charge is 0.330 e. The fourth-order valence-electron chi connectivity index (χ4n) is 3.93. The number of hydrogen-bond donors (Lipinski definition) is 0. The van der Waals surface area contributed by atoms with Gasteiger partial charge in [-0.25, -0.2) is 9.48 Å². The van der Waals surface area contributed by atoms with Crippen molar-refractivity contribution in [3.05, 3.63) is 63.7 Å². The second-order valence-electron chi connectivity index (χ2n) is 8.59. The summed E-state index contributed by atoms with van der Waals surface area (Å²) in [6.07, 6.45) is 4.31. The van der Waals surface area contributed by atoms with Gasteiger partial charge in [-0.1, -0.05) is 29.8 Å². The van der Waals surface area contributed by atoms with Crippen LogP contribution in [-0.2, 0) is 16.1 Å². The Bertz CT molecular complexity index is 1440. The van der Waals surface area contributed by atoms with E-state index in [0.29, 0.717) is 46.3 Å². The molecule has 0 amide bonds. The highest BCUT2D eigenvalue weighted by Crippen LogP contribution is 2.34. The Balaban J connectivity index is 1.51. The number of nitrogens with zero attached hydrogens (tertiary/aromatic N) is 4. The van der Waals surface area contributed by atoms with E-state index in [2.05, 4.69) is 10.2 Å². The molecule has 8 nitrogen and oxygen atoms in total. The molecular formula is C25H25ClN4O4. The van der Waals surface area contributed by atoms with E-state index in [0.717, 1.165) is 10.9 Å². The molecular weight excluding hydrogens is 456 g/mol. The first kappa shape index (κ1) is 22.4. The van der Waals surface area contributed by atoms with E-state index in [9.17, 15) is 9.59 Å². The van der Waals surface area contributed by atoms with Crippen LogP contribution in [-0.4, -0.2) is 38.7 Å². The zero-order valence-corrected chi connectivity index (χ0v) is 19.8. The molecule has 0 radical (unpaired) electrons. The Morgan fingerprint density at radius 2 is 1.97 bits per heavy atom. The molecule has 1 aliphatic rings. The number of halogens is 1. The Morgan fingerprint density at radius 3 is 2.71 bits per heavy atom. The maximum Gasteiger partial charge on any atom is 0.330 e. The zero-order chi connectivity index (χ0) is 23.8. The standard InChI is InChI=1S/C25H25ClN4O4/c1-3-33-25(32)15(2)30-24(31)19-7-5-4-6-18(19)22(28-30)13-29-12-17-10-23(34-14-16-8-9-16)20(26)11-21(17)27-29/h4-7,10-12,15-16H,3,8-9,13-14H2,1-2H3. The van der Waals surface area contributed by atoms with Crippen molar-refractivity contribution in [2.75, 3.05) is 13.2 Å². The van der Waals surface area contributed by atoms with Crippen LogP contribution in [0, 0.1) is 5.92 Å². The number of ether oxygens (including phenoxy) is 2. The van der Waals surface area contributed by atoms with Crippen LogP contribution in [0.3, 0.4) is 0 Å². The highest BCUT2D eigenvalue weighted by Gasteiger charge is 2.23. The number of aromatic nitrogens is 4.